The number of aryl methyl sites for hydroxylation is 2. The van der Waals surface area contributed by atoms with Crippen LogP contribution in [0.5, 0.6) is 0 Å². The van der Waals surface area contributed by atoms with Crippen molar-refractivity contribution in [1.82, 2.24) is 24.5 Å². The average molecular weight is 309 g/mol. The van der Waals surface area contributed by atoms with Crippen molar-refractivity contribution in [1.29, 1.82) is 0 Å². The first-order valence-corrected chi connectivity index (χ1v) is 7.94. The first kappa shape index (κ1) is 15.5. The van der Waals surface area contributed by atoms with Gasteiger partial charge in [0.15, 0.2) is 0 Å². The van der Waals surface area contributed by atoms with Crippen molar-refractivity contribution in [3.05, 3.63) is 65.7 Å². The van der Waals surface area contributed by atoms with E-state index < -0.39 is 0 Å². The van der Waals surface area contributed by atoms with Crippen molar-refractivity contribution in [2.24, 2.45) is 7.05 Å². The summed E-state index contributed by atoms with van der Waals surface area (Å²) in [4.78, 5) is 2.38. The molecule has 0 amide bonds. The van der Waals surface area contributed by atoms with Gasteiger partial charge in [0.25, 0.3) is 0 Å². The molecule has 2 heterocycles. The number of nitrogens with zero attached hydrogens (tertiary/aromatic N) is 5. The third-order valence-electron chi connectivity index (χ3n) is 3.92. The van der Waals surface area contributed by atoms with Gasteiger partial charge in [-0.2, -0.15) is 10.2 Å². The summed E-state index contributed by atoms with van der Waals surface area (Å²) in [6.45, 7) is 7.06. The average Bonchev–Trinajstić information content (AvgIpc) is 3.16. The van der Waals surface area contributed by atoms with E-state index in [-0.39, 0.29) is 0 Å². The standard InChI is InChI=1S/C18H23N5/c1-4-22(12-16-9-19-21(3)11-16)13-17-10-20-23(14-17)18-7-5-6-15(2)8-18/h5-11,14H,4,12-13H2,1-3H3. The molecule has 0 saturated carbocycles. The van der Waals surface area contributed by atoms with Gasteiger partial charge in [-0.3, -0.25) is 9.58 Å². The molecule has 3 aromatic rings. The van der Waals surface area contributed by atoms with Gasteiger partial charge < -0.3 is 0 Å². The van der Waals surface area contributed by atoms with E-state index in [0.29, 0.717) is 0 Å². The summed E-state index contributed by atoms with van der Waals surface area (Å²) in [5, 5.41) is 8.74. The Morgan fingerprint density at radius 1 is 1.04 bits per heavy atom. The molecule has 0 fully saturated rings. The van der Waals surface area contributed by atoms with E-state index in [2.05, 4.69) is 65.6 Å². The quantitative estimate of drug-likeness (QED) is 0.703. The van der Waals surface area contributed by atoms with Crippen molar-refractivity contribution in [2.75, 3.05) is 6.54 Å². The summed E-state index contributed by atoms with van der Waals surface area (Å²) in [6, 6.07) is 8.38. The highest BCUT2D eigenvalue weighted by molar-refractivity contribution is 5.35. The molecule has 5 nitrogen and oxygen atoms in total. The normalized spacial score (nSPS) is 11.3. The molecule has 0 aliphatic heterocycles. The van der Waals surface area contributed by atoms with Gasteiger partial charge in [0, 0.05) is 43.7 Å². The second kappa shape index (κ2) is 6.79. The van der Waals surface area contributed by atoms with Crippen LogP contribution in [0.15, 0.2) is 49.1 Å². The third kappa shape index (κ3) is 3.87. The zero-order valence-corrected chi connectivity index (χ0v) is 14.0. The number of hydrogen-bond acceptors (Lipinski definition) is 3. The molecule has 0 aliphatic rings. The van der Waals surface area contributed by atoms with Gasteiger partial charge >= 0.3 is 0 Å². The van der Waals surface area contributed by atoms with E-state index in [1.807, 2.05) is 28.8 Å². The minimum atomic E-state index is 0.886. The Bertz CT molecular complexity index is 771. The summed E-state index contributed by atoms with van der Waals surface area (Å²) in [5.41, 5.74) is 4.80. The van der Waals surface area contributed by atoms with Crippen molar-refractivity contribution in [2.45, 2.75) is 26.9 Å². The summed E-state index contributed by atoms with van der Waals surface area (Å²) >= 11 is 0. The first-order valence-electron chi connectivity index (χ1n) is 7.94. The Balaban J connectivity index is 1.69. The molecule has 0 saturated heterocycles. The Kier molecular flexibility index (Phi) is 4.57. The van der Waals surface area contributed by atoms with Gasteiger partial charge in [-0.1, -0.05) is 19.1 Å². The van der Waals surface area contributed by atoms with E-state index >= 15 is 0 Å². The van der Waals surface area contributed by atoms with Gasteiger partial charge in [-0.15, -0.1) is 0 Å². The smallest absolute Gasteiger partial charge is 0.0648 e. The van der Waals surface area contributed by atoms with Crippen LogP contribution in [-0.2, 0) is 20.1 Å². The molecule has 2 aromatic heterocycles. The number of aromatic nitrogens is 4. The lowest BCUT2D eigenvalue weighted by Crippen LogP contribution is -2.21. The van der Waals surface area contributed by atoms with Crippen molar-refractivity contribution in [3.8, 4) is 5.69 Å². The maximum absolute atomic E-state index is 4.50. The van der Waals surface area contributed by atoms with E-state index in [1.165, 1.54) is 16.7 Å². The topological polar surface area (TPSA) is 38.9 Å². The Morgan fingerprint density at radius 2 is 1.78 bits per heavy atom. The van der Waals surface area contributed by atoms with Gasteiger partial charge in [-0.25, -0.2) is 4.68 Å². The molecule has 0 radical (unpaired) electrons. The van der Waals surface area contributed by atoms with E-state index in [1.54, 1.807) is 0 Å². The number of hydrogen-bond donors (Lipinski definition) is 0. The lowest BCUT2D eigenvalue weighted by atomic mass is 10.2. The number of benzene rings is 1. The predicted octanol–water partition coefficient (Wildman–Crippen LogP) is 2.94. The highest BCUT2D eigenvalue weighted by Crippen LogP contribution is 2.13. The highest BCUT2D eigenvalue weighted by atomic mass is 15.3. The minimum absolute atomic E-state index is 0.886. The van der Waals surface area contributed by atoms with Crippen molar-refractivity contribution < 1.29 is 0 Å². The SMILES string of the molecule is CCN(Cc1cnn(C)c1)Cc1cnn(-c2cccc(C)c2)c1. The fourth-order valence-corrected chi connectivity index (χ4v) is 2.70. The summed E-state index contributed by atoms with van der Waals surface area (Å²) in [5.74, 6) is 0. The van der Waals surface area contributed by atoms with Crippen LogP contribution in [0, 0.1) is 6.92 Å². The molecular weight excluding hydrogens is 286 g/mol. The molecule has 1 aromatic carbocycles. The molecular formula is C18H23N5. The maximum Gasteiger partial charge on any atom is 0.0648 e. The Hall–Kier alpha value is -2.40. The maximum atomic E-state index is 4.50. The van der Waals surface area contributed by atoms with Crippen LogP contribution in [0.4, 0.5) is 0 Å². The molecule has 0 spiro atoms. The third-order valence-corrected chi connectivity index (χ3v) is 3.92. The van der Waals surface area contributed by atoms with Crippen LogP contribution in [-0.4, -0.2) is 31.0 Å². The predicted molar refractivity (Wildman–Crippen MR) is 91.3 cm³/mol. The highest BCUT2D eigenvalue weighted by Gasteiger charge is 2.09. The monoisotopic (exact) mass is 309 g/mol. The molecule has 120 valence electrons. The summed E-state index contributed by atoms with van der Waals surface area (Å²) in [6.07, 6.45) is 8.06. The summed E-state index contributed by atoms with van der Waals surface area (Å²) in [7, 11) is 1.95. The second-order valence-electron chi connectivity index (χ2n) is 5.96. The molecule has 5 heteroatoms. The molecule has 0 bridgehead atoms. The molecule has 3 rings (SSSR count). The van der Waals surface area contributed by atoms with E-state index in [4.69, 9.17) is 0 Å². The first-order chi connectivity index (χ1) is 11.1. The lowest BCUT2D eigenvalue weighted by Gasteiger charge is -2.18. The summed E-state index contributed by atoms with van der Waals surface area (Å²) < 4.78 is 3.79. The van der Waals surface area contributed by atoms with Gasteiger partial charge in [0.1, 0.15) is 0 Å². The van der Waals surface area contributed by atoms with Crippen molar-refractivity contribution in [3.63, 3.8) is 0 Å². The lowest BCUT2D eigenvalue weighted by molar-refractivity contribution is 0.271. The molecule has 0 atom stereocenters. The molecule has 0 N–H and O–H groups in total. The zero-order valence-electron chi connectivity index (χ0n) is 14.0. The van der Waals surface area contributed by atoms with Gasteiger partial charge in [-0.05, 0) is 31.2 Å². The van der Waals surface area contributed by atoms with Gasteiger partial charge in [0.2, 0.25) is 0 Å². The van der Waals surface area contributed by atoms with Crippen LogP contribution in [0.2, 0.25) is 0 Å². The van der Waals surface area contributed by atoms with Crippen LogP contribution >= 0.6 is 0 Å². The number of rotatable bonds is 6. The Morgan fingerprint density at radius 3 is 2.43 bits per heavy atom. The van der Waals surface area contributed by atoms with Crippen LogP contribution in [0.3, 0.4) is 0 Å². The minimum Gasteiger partial charge on any atom is -0.295 e. The van der Waals surface area contributed by atoms with Crippen LogP contribution < -0.4 is 0 Å². The van der Waals surface area contributed by atoms with Crippen LogP contribution in [0.25, 0.3) is 5.69 Å². The largest absolute Gasteiger partial charge is 0.295 e. The zero-order chi connectivity index (χ0) is 16.2. The second-order valence-corrected chi connectivity index (χ2v) is 5.96. The molecule has 0 unspecified atom stereocenters. The fourth-order valence-electron chi connectivity index (χ4n) is 2.70. The van der Waals surface area contributed by atoms with Crippen LogP contribution in [0.1, 0.15) is 23.6 Å². The Labute approximate surface area is 137 Å². The van der Waals surface area contributed by atoms with E-state index in [9.17, 15) is 0 Å². The fraction of sp³-hybridized carbons (Fsp3) is 0.333. The van der Waals surface area contributed by atoms with Gasteiger partial charge in [0.05, 0.1) is 18.1 Å². The molecule has 23 heavy (non-hydrogen) atoms. The molecule has 0 aliphatic carbocycles. The van der Waals surface area contributed by atoms with E-state index in [0.717, 1.165) is 25.3 Å². The van der Waals surface area contributed by atoms with Crippen molar-refractivity contribution >= 4 is 0 Å².